The molecule has 0 aliphatic carbocycles. The van der Waals surface area contributed by atoms with Crippen LogP contribution in [0.2, 0.25) is 5.02 Å². The van der Waals surface area contributed by atoms with Crippen LogP contribution >= 0.6 is 23.4 Å². The minimum absolute atomic E-state index is 0.350. The van der Waals surface area contributed by atoms with Gasteiger partial charge in [-0.15, -0.1) is 0 Å². The van der Waals surface area contributed by atoms with Crippen LogP contribution in [0.25, 0.3) is 11.8 Å². The van der Waals surface area contributed by atoms with E-state index in [-0.39, 0.29) is 17.1 Å². The maximum absolute atomic E-state index is 13.0. The van der Waals surface area contributed by atoms with E-state index in [0.29, 0.717) is 21.2 Å². The second kappa shape index (κ2) is 8.92. The molecule has 2 aromatic carbocycles. The summed E-state index contributed by atoms with van der Waals surface area (Å²) >= 11 is 6.84. The topological polar surface area (TPSA) is 68.6 Å². The van der Waals surface area contributed by atoms with Crippen molar-refractivity contribution in [3.8, 4) is 5.69 Å². The first kappa shape index (κ1) is 22.9. The number of nitrogens with zero attached hydrogens (tertiary/aromatic N) is 2. The van der Waals surface area contributed by atoms with Crippen LogP contribution in [0.1, 0.15) is 32.9 Å². The van der Waals surface area contributed by atoms with Gasteiger partial charge in [-0.2, -0.15) is 0 Å². The smallest absolute Gasteiger partial charge is 0.337 e. The number of aryl methyl sites for hydroxylation is 2. The lowest BCUT2D eigenvalue weighted by Crippen LogP contribution is -2.27. The van der Waals surface area contributed by atoms with Crippen molar-refractivity contribution in [2.75, 3.05) is 12.0 Å². The summed E-state index contributed by atoms with van der Waals surface area (Å²) in [6, 6.07) is 13.9. The number of hydrogen-bond donors (Lipinski definition) is 0. The molecule has 1 aromatic heterocycles. The lowest BCUT2D eigenvalue weighted by atomic mass is 10.1. The van der Waals surface area contributed by atoms with E-state index in [2.05, 4.69) is 4.57 Å². The predicted octanol–water partition coefficient (Wildman–Crippen LogP) is 6.08. The average Bonchev–Trinajstić information content (AvgIpc) is 3.22. The molecular formula is C25H21ClN2O4S. The summed E-state index contributed by atoms with van der Waals surface area (Å²) in [5, 5.41) is 0.181. The summed E-state index contributed by atoms with van der Waals surface area (Å²) in [5.41, 5.74) is 5.52. The SMILES string of the molecule is COC(=O)c1ccc(-n2c(C)cc(/C=C3/SC(=O)N(c4ccc(Cl)cc4)C3=O)c2C)c(C)c1. The third kappa shape index (κ3) is 4.21. The van der Waals surface area contributed by atoms with Gasteiger partial charge in [0.2, 0.25) is 0 Å². The molecule has 0 atom stereocenters. The van der Waals surface area contributed by atoms with Crippen LogP contribution in [0.3, 0.4) is 0 Å². The number of ether oxygens (including phenoxy) is 1. The molecule has 2 heterocycles. The standard InChI is InChI=1S/C25H21ClN2O4S/c1-14-11-17(24(30)32-4)5-10-21(14)27-15(2)12-18(16(27)3)13-22-23(29)28(25(31)33-22)20-8-6-19(26)7-9-20/h5-13H,1-4H3/b22-13+. The molecule has 3 aromatic rings. The van der Waals surface area contributed by atoms with Crippen molar-refractivity contribution < 1.29 is 19.1 Å². The number of carbonyl (C=O) groups is 3. The van der Waals surface area contributed by atoms with Gasteiger partial charge in [0.25, 0.3) is 11.1 Å². The molecule has 8 heteroatoms. The van der Waals surface area contributed by atoms with Crippen molar-refractivity contribution in [2.45, 2.75) is 20.8 Å². The number of aromatic nitrogens is 1. The van der Waals surface area contributed by atoms with Crippen LogP contribution in [0.4, 0.5) is 10.5 Å². The Kier molecular flexibility index (Phi) is 6.19. The zero-order chi connectivity index (χ0) is 23.9. The van der Waals surface area contributed by atoms with Gasteiger partial charge in [0.15, 0.2) is 0 Å². The van der Waals surface area contributed by atoms with E-state index in [1.165, 1.54) is 7.11 Å². The van der Waals surface area contributed by atoms with Gasteiger partial charge in [0.05, 0.1) is 23.3 Å². The lowest BCUT2D eigenvalue weighted by molar-refractivity contribution is -0.113. The van der Waals surface area contributed by atoms with E-state index < -0.39 is 0 Å². The van der Waals surface area contributed by atoms with Crippen LogP contribution < -0.4 is 4.90 Å². The molecule has 0 spiro atoms. The number of esters is 1. The minimum atomic E-state index is -0.386. The fourth-order valence-electron chi connectivity index (χ4n) is 3.88. The molecule has 1 saturated heterocycles. The number of anilines is 1. The van der Waals surface area contributed by atoms with E-state index >= 15 is 0 Å². The average molecular weight is 481 g/mol. The number of amides is 2. The highest BCUT2D eigenvalue weighted by Gasteiger charge is 2.36. The number of benzene rings is 2. The Balaban J connectivity index is 1.69. The van der Waals surface area contributed by atoms with Crippen LogP contribution in [0.5, 0.6) is 0 Å². The number of hydrogen-bond acceptors (Lipinski definition) is 5. The van der Waals surface area contributed by atoms with Crippen molar-refractivity contribution in [1.82, 2.24) is 4.57 Å². The highest BCUT2D eigenvalue weighted by atomic mass is 35.5. The molecular weight excluding hydrogens is 460 g/mol. The van der Waals surface area contributed by atoms with E-state index in [0.717, 1.165) is 44.9 Å². The number of rotatable bonds is 4. The van der Waals surface area contributed by atoms with Crippen LogP contribution in [-0.2, 0) is 9.53 Å². The second-order valence-corrected chi connectivity index (χ2v) is 9.08. The molecule has 0 bridgehead atoms. The first-order chi connectivity index (χ1) is 15.7. The number of imide groups is 1. The van der Waals surface area contributed by atoms with Gasteiger partial charge in [-0.3, -0.25) is 9.59 Å². The van der Waals surface area contributed by atoms with Crippen LogP contribution in [-0.4, -0.2) is 28.8 Å². The molecule has 1 aliphatic rings. The molecule has 2 amide bonds. The van der Waals surface area contributed by atoms with Crippen molar-refractivity contribution in [3.05, 3.63) is 86.5 Å². The molecule has 6 nitrogen and oxygen atoms in total. The van der Waals surface area contributed by atoms with Gasteiger partial charge >= 0.3 is 5.97 Å². The monoisotopic (exact) mass is 480 g/mol. The Hall–Kier alpha value is -3.29. The number of halogens is 1. The van der Waals surface area contributed by atoms with E-state index in [4.69, 9.17) is 16.3 Å². The van der Waals surface area contributed by atoms with Gasteiger partial charge in [0.1, 0.15) is 0 Å². The van der Waals surface area contributed by atoms with Gasteiger partial charge in [0, 0.05) is 22.1 Å². The summed E-state index contributed by atoms with van der Waals surface area (Å²) in [6.45, 7) is 5.85. The molecule has 1 aliphatic heterocycles. The maximum atomic E-state index is 13.0. The fraction of sp³-hybridized carbons (Fsp3) is 0.160. The normalized spacial score (nSPS) is 14.9. The highest BCUT2D eigenvalue weighted by Crippen LogP contribution is 2.37. The second-order valence-electron chi connectivity index (χ2n) is 7.65. The summed E-state index contributed by atoms with van der Waals surface area (Å²) in [4.78, 5) is 38.9. The third-order valence-electron chi connectivity index (χ3n) is 5.49. The molecule has 168 valence electrons. The summed E-state index contributed by atoms with van der Waals surface area (Å²) < 4.78 is 6.86. The Morgan fingerprint density at radius 2 is 1.73 bits per heavy atom. The Bertz CT molecular complexity index is 1320. The molecule has 33 heavy (non-hydrogen) atoms. The quantitative estimate of drug-likeness (QED) is 0.334. The Morgan fingerprint density at radius 3 is 2.36 bits per heavy atom. The Morgan fingerprint density at radius 1 is 1.03 bits per heavy atom. The van der Waals surface area contributed by atoms with Crippen molar-refractivity contribution in [3.63, 3.8) is 0 Å². The first-order valence-corrected chi connectivity index (χ1v) is 11.3. The maximum Gasteiger partial charge on any atom is 0.337 e. The van der Waals surface area contributed by atoms with Crippen molar-refractivity contribution in [2.24, 2.45) is 0 Å². The van der Waals surface area contributed by atoms with Crippen LogP contribution in [0.15, 0.2) is 53.4 Å². The van der Waals surface area contributed by atoms with Gasteiger partial charge in [-0.05, 0) is 98.3 Å². The van der Waals surface area contributed by atoms with Crippen molar-refractivity contribution >= 4 is 52.2 Å². The molecule has 4 rings (SSSR count). The molecule has 0 N–H and O–H groups in total. The predicted molar refractivity (Wildman–Crippen MR) is 131 cm³/mol. The molecule has 1 fully saturated rings. The third-order valence-corrected chi connectivity index (χ3v) is 6.62. The lowest BCUT2D eigenvalue weighted by Gasteiger charge is -2.14. The van der Waals surface area contributed by atoms with Crippen LogP contribution in [0, 0.1) is 20.8 Å². The summed E-state index contributed by atoms with van der Waals surface area (Å²) in [6.07, 6.45) is 1.75. The zero-order valence-electron chi connectivity index (χ0n) is 18.5. The number of methoxy groups -OCH3 is 1. The molecule has 0 radical (unpaired) electrons. The molecule has 0 saturated carbocycles. The highest BCUT2D eigenvalue weighted by molar-refractivity contribution is 8.19. The largest absolute Gasteiger partial charge is 0.465 e. The first-order valence-electron chi connectivity index (χ1n) is 10.1. The summed E-state index contributed by atoms with van der Waals surface area (Å²) in [7, 11) is 1.35. The van der Waals surface area contributed by atoms with E-state index in [1.54, 1.807) is 42.5 Å². The summed E-state index contributed by atoms with van der Waals surface area (Å²) in [5.74, 6) is -0.751. The fourth-order valence-corrected chi connectivity index (χ4v) is 4.84. The van der Waals surface area contributed by atoms with Gasteiger partial charge in [-0.25, -0.2) is 9.69 Å². The van der Waals surface area contributed by atoms with Crippen molar-refractivity contribution in [1.29, 1.82) is 0 Å². The number of carbonyl (C=O) groups excluding carboxylic acids is 3. The Labute approximate surface area is 200 Å². The number of thioether (sulfide) groups is 1. The van der Waals surface area contributed by atoms with Gasteiger partial charge in [-0.1, -0.05) is 11.6 Å². The van der Waals surface area contributed by atoms with E-state index in [1.807, 2.05) is 32.9 Å². The van der Waals surface area contributed by atoms with E-state index in [9.17, 15) is 14.4 Å². The molecule has 0 unspecified atom stereocenters. The zero-order valence-corrected chi connectivity index (χ0v) is 20.1. The van der Waals surface area contributed by atoms with Gasteiger partial charge < -0.3 is 9.30 Å². The minimum Gasteiger partial charge on any atom is -0.465 e.